The first-order valence-corrected chi connectivity index (χ1v) is 8.78. The highest BCUT2D eigenvalue weighted by Crippen LogP contribution is 2.35. The van der Waals surface area contributed by atoms with E-state index in [9.17, 15) is 18.0 Å². The summed E-state index contributed by atoms with van der Waals surface area (Å²) < 4.78 is 43.8. The van der Waals surface area contributed by atoms with Crippen LogP contribution in [0.4, 0.5) is 13.2 Å². The normalized spacial score (nSPS) is 14.8. The summed E-state index contributed by atoms with van der Waals surface area (Å²) in [5, 5.41) is 0.402. The lowest BCUT2D eigenvalue weighted by molar-refractivity contribution is -0.185. The number of carbonyl (C=O) groups excluding carboxylic acids is 1. The van der Waals surface area contributed by atoms with Gasteiger partial charge in [0.2, 0.25) is 0 Å². The van der Waals surface area contributed by atoms with Crippen molar-refractivity contribution in [3.63, 3.8) is 0 Å². The molecule has 1 aromatic heterocycles. The molecule has 134 valence electrons. The minimum absolute atomic E-state index is 0.0151. The number of benzene rings is 1. The Labute approximate surface area is 151 Å². The molecule has 3 rings (SSSR count). The third-order valence-electron chi connectivity index (χ3n) is 3.96. The average molecular weight is 391 g/mol. The Morgan fingerprint density at radius 1 is 1.32 bits per heavy atom. The van der Waals surface area contributed by atoms with Gasteiger partial charge in [-0.05, 0) is 24.5 Å². The fourth-order valence-corrected chi connectivity index (χ4v) is 3.49. The Hall–Kier alpha value is -1.80. The Balaban J connectivity index is 1.80. The highest BCUT2D eigenvalue weighted by Gasteiger charge is 2.42. The van der Waals surface area contributed by atoms with Gasteiger partial charge in [-0.1, -0.05) is 17.7 Å². The molecular weight excluding hydrogens is 377 g/mol. The number of carbonyl (C=O) groups is 1. The Bertz CT molecular complexity index is 765. The van der Waals surface area contributed by atoms with Crippen LogP contribution in [-0.4, -0.2) is 35.1 Å². The molecule has 1 aromatic carbocycles. The van der Waals surface area contributed by atoms with Crippen molar-refractivity contribution in [1.82, 2.24) is 9.88 Å². The highest BCUT2D eigenvalue weighted by atomic mass is 35.5. The molecule has 0 saturated heterocycles. The third kappa shape index (κ3) is 4.07. The van der Waals surface area contributed by atoms with Gasteiger partial charge in [0.1, 0.15) is 12.4 Å². The van der Waals surface area contributed by atoms with E-state index in [0.29, 0.717) is 17.2 Å². The first-order chi connectivity index (χ1) is 11.9. The lowest BCUT2D eigenvalue weighted by Gasteiger charge is -2.21. The summed E-state index contributed by atoms with van der Waals surface area (Å²) in [5.41, 5.74) is 3.29. The molecule has 0 bridgehead atoms. The summed E-state index contributed by atoms with van der Waals surface area (Å²) in [4.78, 5) is 17.2. The quantitative estimate of drug-likeness (QED) is 0.799. The van der Waals surface area contributed by atoms with Gasteiger partial charge in [0.25, 0.3) is 0 Å². The Morgan fingerprint density at radius 2 is 2.08 bits per heavy atom. The molecule has 25 heavy (non-hydrogen) atoms. The summed E-state index contributed by atoms with van der Waals surface area (Å²) >= 11 is 7.67. The van der Waals surface area contributed by atoms with Gasteiger partial charge in [-0.3, -0.25) is 9.78 Å². The maximum absolute atomic E-state index is 12.7. The van der Waals surface area contributed by atoms with Crippen LogP contribution < -0.4 is 4.74 Å². The summed E-state index contributed by atoms with van der Waals surface area (Å²) in [6.45, 7) is 0.274. The number of alkyl halides is 3. The van der Waals surface area contributed by atoms with Crippen LogP contribution in [0.25, 0.3) is 0 Å². The second-order valence-electron chi connectivity index (χ2n) is 5.56. The van der Waals surface area contributed by atoms with E-state index in [0.717, 1.165) is 20.9 Å². The predicted molar refractivity (Wildman–Crippen MR) is 87.9 cm³/mol. The van der Waals surface area contributed by atoms with Gasteiger partial charge in [-0.15, -0.1) is 11.3 Å². The first kappa shape index (κ1) is 18.0. The topological polar surface area (TPSA) is 42.4 Å². The average Bonchev–Trinajstić information content (AvgIpc) is 2.98. The van der Waals surface area contributed by atoms with Gasteiger partial charge in [-0.2, -0.15) is 13.2 Å². The number of halogens is 4. The predicted octanol–water partition coefficient (Wildman–Crippen LogP) is 3.87. The van der Waals surface area contributed by atoms with E-state index in [1.165, 1.54) is 11.3 Å². The van der Waals surface area contributed by atoms with Crippen LogP contribution in [0.15, 0.2) is 23.8 Å². The molecule has 0 fully saturated rings. The van der Waals surface area contributed by atoms with Crippen LogP contribution in [0.3, 0.4) is 0 Å². The molecular formula is C16H14ClF3N2O2S. The van der Waals surface area contributed by atoms with E-state index in [1.807, 2.05) is 0 Å². The number of aromatic nitrogens is 1. The molecule has 0 aliphatic carbocycles. The van der Waals surface area contributed by atoms with Crippen LogP contribution in [0.2, 0.25) is 5.02 Å². The molecule has 0 spiro atoms. The van der Waals surface area contributed by atoms with Crippen molar-refractivity contribution in [1.29, 1.82) is 0 Å². The first-order valence-electron chi connectivity index (χ1n) is 7.53. The molecule has 0 atom stereocenters. The monoisotopic (exact) mass is 390 g/mol. The van der Waals surface area contributed by atoms with E-state index < -0.39 is 12.1 Å². The van der Waals surface area contributed by atoms with Crippen molar-refractivity contribution in [3.8, 4) is 5.75 Å². The van der Waals surface area contributed by atoms with Crippen molar-refractivity contribution in [2.24, 2.45) is 0 Å². The number of hydrogen-bond acceptors (Lipinski definition) is 4. The molecule has 1 aliphatic heterocycles. The highest BCUT2D eigenvalue weighted by molar-refractivity contribution is 7.09. The molecule has 2 heterocycles. The summed E-state index contributed by atoms with van der Waals surface area (Å²) in [5.74, 6) is -1.34. The van der Waals surface area contributed by atoms with E-state index >= 15 is 0 Å². The molecule has 0 radical (unpaired) electrons. The maximum Gasteiger partial charge on any atom is 0.471 e. The van der Waals surface area contributed by atoms with Crippen molar-refractivity contribution in [2.75, 3.05) is 13.1 Å². The van der Waals surface area contributed by atoms with Crippen LogP contribution in [-0.2, 0) is 24.2 Å². The van der Waals surface area contributed by atoms with Crippen molar-refractivity contribution >= 4 is 28.8 Å². The molecule has 1 amide bonds. The van der Waals surface area contributed by atoms with Crippen molar-refractivity contribution < 1.29 is 22.7 Å². The van der Waals surface area contributed by atoms with Crippen LogP contribution in [0.1, 0.15) is 16.0 Å². The summed E-state index contributed by atoms with van der Waals surface area (Å²) in [6.07, 6.45) is -2.59. The maximum atomic E-state index is 12.7. The number of fused-ring (bicyclic) bond motifs is 1. The van der Waals surface area contributed by atoms with Gasteiger partial charge in [0.15, 0.2) is 0 Å². The summed E-state index contributed by atoms with van der Waals surface area (Å²) in [6, 6.07) is 3.45. The van der Waals surface area contributed by atoms with Gasteiger partial charge in [-0.25, -0.2) is 0 Å². The van der Waals surface area contributed by atoms with Crippen molar-refractivity contribution in [2.45, 2.75) is 25.6 Å². The molecule has 9 heteroatoms. The number of amides is 1. The van der Waals surface area contributed by atoms with Gasteiger partial charge >= 0.3 is 12.1 Å². The number of nitrogens with zero attached hydrogens (tertiary/aromatic N) is 2. The standard InChI is InChI=1S/C16H14ClF3N2O2S/c17-13-2-1-10-3-5-22(15(23)16(18,19)20)6-4-12(10)14(13)24-8-11-7-21-9-25-11/h1-2,7,9H,3-6,8H2. The number of hydrogen-bond donors (Lipinski definition) is 0. The molecule has 1 aliphatic rings. The van der Waals surface area contributed by atoms with Crippen LogP contribution >= 0.6 is 22.9 Å². The van der Waals surface area contributed by atoms with Gasteiger partial charge in [0.05, 0.1) is 15.4 Å². The van der Waals surface area contributed by atoms with Crippen LogP contribution in [0.5, 0.6) is 5.75 Å². The van der Waals surface area contributed by atoms with Crippen molar-refractivity contribution in [3.05, 3.63) is 44.9 Å². The Morgan fingerprint density at radius 3 is 2.76 bits per heavy atom. The molecule has 0 unspecified atom stereocenters. The Kier molecular flexibility index (Phi) is 5.19. The van der Waals surface area contributed by atoms with E-state index in [1.54, 1.807) is 23.8 Å². The minimum Gasteiger partial charge on any atom is -0.486 e. The number of ether oxygens (including phenoxy) is 1. The largest absolute Gasteiger partial charge is 0.486 e. The molecule has 2 aromatic rings. The smallest absolute Gasteiger partial charge is 0.471 e. The molecule has 4 nitrogen and oxygen atoms in total. The SMILES string of the molecule is O=C(N1CCc2ccc(Cl)c(OCc3cncs3)c2CC1)C(F)(F)F. The minimum atomic E-state index is -4.86. The fourth-order valence-electron chi connectivity index (χ4n) is 2.76. The van der Waals surface area contributed by atoms with Crippen LogP contribution in [0, 0.1) is 0 Å². The van der Waals surface area contributed by atoms with Gasteiger partial charge < -0.3 is 9.64 Å². The fraction of sp³-hybridized carbons (Fsp3) is 0.375. The zero-order chi connectivity index (χ0) is 18.0. The van der Waals surface area contributed by atoms with Gasteiger partial charge in [0, 0.05) is 24.8 Å². The molecule has 0 N–H and O–H groups in total. The second-order valence-corrected chi connectivity index (χ2v) is 6.94. The number of rotatable bonds is 3. The lowest BCUT2D eigenvalue weighted by Crippen LogP contribution is -2.42. The second kappa shape index (κ2) is 7.21. The van der Waals surface area contributed by atoms with E-state index in [4.69, 9.17) is 16.3 Å². The van der Waals surface area contributed by atoms with E-state index in [2.05, 4.69) is 4.98 Å². The number of thiazole rings is 1. The lowest BCUT2D eigenvalue weighted by atomic mass is 10.0. The molecule has 0 saturated carbocycles. The summed E-state index contributed by atoms with van der Waals surface area (Å²) in [7, 11) is 0. The third-order valence-corrected chi connectivity index (χ3v) is 5.01. The zero-order valence-electron chi connectivity index (χ0n) is 13.0. The van der Waals surface area contributed by atoms with E-state index in [-0.39, 0.29) is 26.1 Å². The zero-order valence-corrected chi connectivity index (χ0v) is 14.5.